The zero-order valence-corrected chi connectivity index (χ0v) is 13.2. The average Bonchev–Trinajstić information content (AvgIpc) is 2.83. The molecule has 1 fully saturated rings. The molecule has 1 unspecified atom stereocenters. The van der Waals surface area contributed by atoms with Crippen molar-refractivity contribution in [2.24, 2.45) is 23.5 Å². The van der Waals surface area contributed by atoms with Gasteiger partial charge in [-0.2, -0.15) is 0 Å². The summed E-state index contributed by atoms with van der Waals surface area (Å²) in [6, 6.07) is 0.471. The molecule has 0 aromatic rings. The van der Waals surface area contributed by atoms with Crippen molar-refractivity contribution in [1.29, 1.82) is 0 Å². The van der Waals surface area contributed by atoms with Gasteiger partial charge in [-0.1, -0.05) is 40.5 Å². The maximum absolute atomic E-state index is 12.8. The summed E-state index contributed by atoms with van der Waals surface area (Å²) in [6.45, 7) is 10.0. The summed E-state index contributed by atoms with van der Waals surface area (Å²) in [6.07, 6.45) is 5.99. The van der Waals surface area contributed by atoms with E-state index in [4.69, 9.17) is 5.73 Å². The van der Waals surface area contributed by atoms with Gasteiger partial charge >= 0.3 is 0 Å². The van der Waals surface area contributed by atoms with Gasteiger partial charge in [0.05, 0.1) is 5.92 Å². The van der Waals surface area contributed by atoms with E-state index in [1.54, 1.807) is 0 Å². The highest BCUT2D eigenvalue weighted by Crippen LogP contribution is 2.26. The molecule has 2 N–H and O–H groups in total. The lowest BCUT2D eigenvalue weighted by molar-refractivity contribution is -0.139. The molecule has 112 valence electrons. The highest BCUT2D eigenvalue weighted by Gasteiger charge is 2.31. The molecule has 1 amide bonds. The fraction of sp³-hybridized carbons (Fsp3) is 0.938. The van der Waals surface area contributed by atoms with Gasteiger partial charge in [0.25, 0.3) is 0 Å². The van der Waals surface area contributed by atoms with Crippen molar-refractivity contribution in [1.82, 2.24) is 4.90 Å². The van der Waals surface area contributed by atoms with E-state index in [-0.39, 0.29) is 5.92 Å². The standard InChI is InChI=1S/C16H32N2O/c1-12(2)9-10-18(14-7-5-6-8-14)16(19)15(11-17)13(3)4/h12-15H,5-11,17H2,1-4H3. The fourth-order valence-electron chi connectivity index (χ4n) is 2.96. The third kappa shape index (κ3) is 4.79. The Morgan fingerprint density at radius 2 is 1.79 bits per heavy atom. The first-order valence-electron chi connectivity index (χ1n) is 7.97. The first-order chi connectivity index (χ1) is 8.97. The number of nitrogens with zero attached hydrogens (tertiary/aromatic N) is 1. The first kappa shape index (κ1) is 16.5. The summed E-state index contributed by atoms with van der Waals surface area (Å²) in [5.41, 5.74) is 5.82. The molecule has 0 heterocycles. The van der Waals surface area contributed by atoms with Gasteiger partial charge < -0.3 is 10.6 Å². The number of amides is 1. The normalized spacial score (nSPS) is 18.3. The van der Waals surface area contributed by atoms with E-state index in [2.05, 4.69) is 32.6 Å². The van der Waals surface area contributed by atoms with Gasteiger partial charge in [-0.3, -0.25) is 4.79 Å². The van der Waals surface area contributed by atoms with Crippen LogP contribution in [0.15, 0.2) is 0 Å². The molecule has 19 heavy (non-hydrogen) atoms. The summed E-state index contributed by atoms with van der Waals surface area (Å²) < 4.78 is 0. The predicted molar refractivity (Wildman–Crippen MR) is 80.8 cm³/mol. The molecule has 1 atom stereocenters. The van der Waals surface area contributed by atoms with E-state index in [9.17, 15) is 4.79 Å². The van der Waals surface area contributed by atoms with Crippen LogP contribution < -0.4 is 5.73 Å². The van der Waals surface area contributed by atoms with Crippen LogP contribution in [0.25, 0.3) is 0 Å². The minimum absolute atomic E-state index is 0.00670. The number of hydrogen-bond acceptors (Lipinski definition) is 2. The van der Waals surface area contributed by atoms with Crippen LogP contribution in [0, 0.1) is 17.8 Å². The zero-order chi connectivity index (χ0) is 14.4. The molecular formula is C16H32N2O. The molecule has 1 rings (SSSR count). The Morgan fingerprint density at radius 3 is 2.21 bits per heavy atom. The van der Waals surface area contributed by atoms with Gasteiger partial charge in [0.15, 0.2) is 0 Å². The van der Waals surface area contributed by atoms with Crippen molar-refractivity contribution in [2.45, 2.75) is 65.8 Å². The zero-order valence-electron chi connectivity index (χ0n) is 13.2. The molecule has 0 bridgehead atoms. The van der Waals surface area contributed by atoms with Gasteiger partial charge in [-0.25, -0.2) is 0 Å². The Morgan fingerprint density at radius 1 is 1.21 bits per heavy atom. The molecular weight excluding hydrogens is 236 g/mol. The first-order valence-corrected chi connectivity index (χ1v) is 7.97. The summed E-state index contributed by atoms with van der Waals surface area (Å²) in [5, 5.41) is 0. The summed E-state index contributed by atoms with van der Waals surface area (Å²) >= 11 is 0. The smallest absolute Gasteiger partial charge is 0.227 e. The molecule has 1 saturated carbocycles. The molecule has 1 aliphatic carbocycles. The molecule has 1 aliphatic rings. The molecule has 0 radical (unpaired) electrons. The third-order valence-electron chi connectivity index (χ3n) is 4.37. The highest BCUT2D eigenvalue weighted by atomic mass is 16.2. The van der Waals surface area contributed by atoms with Crippen molar-refractivity contribution in [3.8, 4) is 0 Å². The van der Waals surface area contributed by atoms with Crippen LogP contribution in [0.3, 0.4) is 0 Å². The minimum atomic E-state index is -0.00670. The SMILES string of the molecule is CC(C)CCN(C(=O)C(CN)C(C)C)C1CCCC1. The molecule has 0 spiro atoms. The number of carbonyl (C=O) groups is 1. The Balaban J connectivity index is 2.72. The largest absolute Gasteiger partial charge is 0.339 e. The Kier molecular flexibility index (Phi) is 6.84. The monoisotopic (exact) mass is 268 g/mol. The Bertz CT molecular complexity index is 270. The highest BCUT2D eigenvalue weighted by molar-refractivity contribution is 5.79. The maximum Gasteiger partial charge on any atom is 0.227 e. The van der Waals surface area contributed by atoms with Crippen LogP contribution >= 0.6 is 0 Å². The lowest BCUT2D eigenvalue weighted by Crippen LogP contribution is -2.46. The quantitative estimate of drug-likeness (QED) is 0.771. The molecule has 3 heteroatoms. The minimum Gasteiger partial charge on any atom is -0.339 e. The number of rotatable bonds is 7. The van der Waals surface area contributed by atoms with Crippen molar-refractivity contribution >= 4 is 5.91 Å². The lowest BCUT2D eigenvalue weighted by atomic mass is 9.93. The van der Waals surface area contributed by atoms with Gasteiger partial charge in [0.1, 0.15) is 0 Å². The van der Waals surface area contributed by atoms with Crippen molar-refractivity contribution in [2.75, 3.05) is 13.1 Å². The van der Waals surface area contributed by atoms with Gasteiger partial charge in [-0.05, 0) is 31.1 Å². The maximum atomic E-state index is 12.8. The second kappa shape index (κ2) is 7.88. The van der Waals surface area contributed by atoms with Crippen LogP contribution in [0.5, 0.6) is 0 Å². The van der Waals surface area contributed by atoms with Gasteiger partial charge in [0.2, 0.25) is 5.91 Å². The summed E-state index contributed by atoms with van der Waals surface area (Å²) in [7, 11) is 0. The fourth-order valence-corrected chi connectivity index (χ4v) is 2.96. The molecule has 0 aromatic heterocycles. The second-order valence-electron chi connectivity index (χ2n) is 6.74. The van der Waals surface area contributed by atoms with Crippen molar-refractivity contribution < 1.29 is 4.79 Å². The lowest BCUT2D eigenvalue weighted by Gasteiger charge is -2.34. The van der Waals surface area contributed by atoms with E-state index < -0.39 is 0 Å². The van der Waals surface area contributed by atoms with Gasteiger partial charge in [0, 0.05) is 19.1 Å². The Hall–Kier alpha value is -0.570. The number of nitrogens with two attached hydrogens (primary N) is 1. The molecule has 0 aromatic carbocycles. The van der Waals surface area contributed by atoms with Crippen LogP contribution in [-0.4, -0.2) is 29.9 Å². The Labute approximate surface area is 118 Å². The van der Waals surface area contributed by atoms with Crippen LogP contribution in [0.1, 0.15) is 59.8 Å². The summed E-state index contributed by atoms with van der Waals surface area (Å²) in [4.78, 5) is 14.9. The molecule has 0 saturated heterocycles. The predicted octanol–water partition coefficient (Wildman–Crippen LogP) is 3.03. The van der Waals surface area contributed by atoms with Crippen LogP contribution in [0.2, 0.25) is 0 Å². The second-order valence-corrected chi connectivity index (χ2v) is 6.74. The number of hydrogen-bond donors (Lipinski definition) is 1. The molecule has 3 nitrogen and oxygen atoms in total. The average molecular weight is 268 g/mol. The van der Waals surface area contributed by atoms with Crippen LogP contribution in [0.4, 0.5) is 0 Å². The van der Waals surface area contributed by atoms with E-state index >= 15 is 0 Å². The van der Waals surface area contributed by atoms with Crippen molar-refractivity contribution in [3.63, 3.8) is 0 Å². The van der Waals surface area contributed by atoms with Crippen molar-refractivity contribution in [3.05, 3.63) is 0 Å². The van der Waals surface area contributed by atoms with Crippen LogP contribution in [-0.2, 0) is 4.79 Å². The summed E-state index contributed by atoms with van der Waals surface area (Å²) in [5.74, 6) is 1.27. The van der Waals surface area contributed by atoms with E-state index in [0.29, 0.717) is 30.3 Å². The number of carbonyl (C=O) groups excluding carboxylic acids is 1. The molecule has 0 aliphatic heterocycles. The van der Waals surface area contributed by atoms with E-state index in [1.165, 1.54) is 25.7 Å². The van der Waals surface area contributed by atoms with E-state index in [0.717, 1.165) is 13.0 Å². The topological polar surface area (TPSA) is 46.3 Å². The third-order valence-corrected chi connectivity index (χ3v) is 4.37. The van der Waals surface area contributed by atoms with Gasteiger partial charge in [-0.15, -0.1) is 0 Å². The van der Waals surface area contributed by atoms with E-state index in [1.807, 2.05) is 0 Å².